The van der Waals surface area contributed by atoms with Crippen molar-refractivity contribution in [2.75, 3.05) is 20.2 Å². The Hall–Kier alpha value is -3.80. The van der Waals surface area contributed by atoms with Crippen molar-refractivity contribution in [1.29, 1.82) is 0 Å². The van der Waals surface area contributed by atoms with E-state index in [1.54, 1.807) is 22.9 Å². The highest BCUT2D eigenvalue weighted by atomic mass is 79.9. The molecule has 0 aliphatic carbocycles. The first kappa shape index (κ1) is 36.0. The van der Waals surface area contributed by atoms with Crippen LogP contribution in [-0.4, -0.2) is 99.1 Å². The molecular formula is C39H46BrN3O7. The van der Waals surface area contributed by atoms with Gasteiger partial charge in [0.25, 0.3) is 0 Å². The molecule has 4 aliphatic rings. The number of aliphatic hydroxyl groups is 1. The van der Waals surface area contributed by atoms with Gasteiger partial charge in [-0.25, -0.2) is 0 Å². The lowest BCUT2D eigenvalue weighted by molar-refractivity contribution is -0.164. The third kappa shape index (κ3) is 6.32. The van der Waals surface area contributed by atoms with E-state index in [-0.39, 0.29) is 24.8 Å². The summed E-state index contributed by atoms with van der Waals surface area (Å²) in [7, 11) is 1.70. The van der Waals surface area contributed by atoms with Crippen LogP contribution < -0.4 is 0 Å². The van der Waals surface area contributed by atoms with Gasteiger partial charge in [-0.05, 0) is 57.7 Å². The molecule has 50 heavy (non-hydrogen) atoms. The average Bonchev–Trinajstić information content (AvgIpc) is 3.69. The van der Waals surface area contributed by atoms with E-state index in [1.165, 1.54) is 4.90 Å². The van der Waals surface area contributed by atoms with Gasteiger partial charge < -0.3 is 29.3 Å². The van der Waals surface area contributed by atoms with Crippen molar-refractivity contribution < 1.29 is 33.8 Å². The number of rotatable bonds is 5. The number of likely N-dealkylation sites (tertiary alicyclic amines) is 1. The zero-order valence-electron chi connectivity index (χ0n) is 29.2. The number of allylic oxidation sites excluding steroid dienone is 1. The number of ether oxygens (including phenoxy) is 2. The van der Waals surface area contributed by atoms with Gasteiger partial charge in [0.2, 0.25) is 17.7 Å². The molecule has 0 saturated carbocycles. The topological polar surface area (TPSA) is 117 Å². The van der Waals surface area contributed by atoms with Crippen LogP contribution in [0.15, 0.2) is 83.4 Å². The number of nitrogens with zero attached hydrogens (tertiary/aromatic N) is 3. The fourth-order valence-corrected chi connectivity index (χ4v) is 8.72. The Morgan fingerprint density at radius 1 is 0.960 bits per heavy atom. The summed E-state index contributed by atoms with van der Waals surface area (Å²) in [6.45, 7) is 7.43. The van der Waals surface area contributed by atoms with E-state index in [1.807, 2.05) is 101 Å². The number of benzene rings is 2. The number of fused-ring (bicyclic) bond motifs is 2. The van der Waals surface area contributed by atoms with Crippen molar-refractivity contribution in [2.24, 2.45) is 11.8 Å². The summed E-state index contributed by atoms with van der Waals surface area (Å²) in [4.78, 5) is 62.7. The Balaban J connectivity index is 1.50. The molecule has 4 heterocycles. The van der Waals surface area contributed by atoms with E-state index in [2.05, 4.69) is 15.9 Å². The smallest absolute Gasteiger partial charge is 0.313 e. The molecule has 8 atom stereocenters. The molecule has 4 aliphatic heterocycles. The maximum atomic E-state index is 15.1. The van der Waals surface area contributed by atoms with Crippen LogP contribution in [0.2, 0.25) is 0 Å². The molecule has 10 nitrogen and oxygen atoms in total. The molecule has 0 aromatic heterocycles. The van der Waals surface area contributed by atoms with Gasteiger partial charge in [-0.1, -0.05) is 88.7 Å². The molecule has 2 aromatic carbocycles. The molecule has 2 aromatic rings. The molecule has 0 unspecified atom stereocenters. The van der Waals surface area contributed by atoms with Crippen LogP contribution in [0.3, 0.4) is 0 Å². The second kappa shape index (κ2) is 14.1. The summed E-state index contributed by atoms with van der Waals surface area (Å²) >= 11 is 3.63. The number of esters is 1. The Labute approximate surface area is 302 Å². The van der Waals surface area contributed by atoms with Crippen molar-refractivity contribution >= 4 is 39.6 Å². The molecule has 266 valence electrons. The lowest BCUT2D eigenvalue weighted by Crippen LogP contribution is -2.61. The van der Waals surface area contributed by atoms with Gasteiger partial charge >= 0.3 is 5.97 Å². The Morgan fingerprint density at radius 3 is 2.26 bits per heavy atom. The predicted molar refractivity (Wildman–Crippen MR) is 191 cm³/mol. The fourth-order valence-electron chi connectivity index (χ4n) is 7.98. The van der Waals surface area contributed by atoms with Crippen LogP contribution in [0, 0.1) is 11.8 Å². The quantitative estimate of drug-likeness (QED) is 0.352. The van der Waals surface area contributed by atoms with Gasteiger partial charge in [-0.15, -0.1) is 0 Å². The van der Waals surface area contributed by atoms with Crippen LogP contribution in [-0.2, 0) is 35.1 Å². The first-order chi connectivity index (χ1) is 23.8. The summed E-state index contributed by atoms with van der Waals surface area (Å²) in [6.07, 6.45) is 4.83. The van der Waals surface area contributed by atoms with Gasteiger partial charge in [-0.3, -0.25) is 19.2 Å². The maximum absolute atomic E-state index is 15.1. The third-order valence-corrected chi connectivity index (χ3v) is 11.3. The van der Waals surface area contributed by atoms with Crippen LogP contribution in [0.4, 0.5) is 0 Å². The van der Waals surface area contributed by atoms with Gasteiger partial charge in [0.05, 0.1) is 24.6 Å². The highest BCUT2D eigenvalue weighted by Crippen LogP contribution is 2.59. The van der Waals surface area contributed by atoms with E-state index in [4.69, 9.17) is 9.47 Å². The van der Waals surface area contributed by atoms with Gasteiger partial charge in [0.1, 0.15) is 29.8 Å². The van der Waals surface area contributed by atoms with Crippen LogP contribution >= 0.6 is 15.9 Å². The summed E-state index contributed by atoms with van der Waals surface area (Å²) in [5.74, 6) is -3.74. The molecule has 0 radical (unpaired) electrons. The molecule has 2 fully saturated rings. The highest BCUT2D eigenvalue weighted by Gasteiger charge is 2.75. The van der Waals surface area contributed by atoms with Crippen molar-refractivity contribution in [3.63, 3.8) is 0 Å². The predicted octanol–water partition coefficient (Wildman–Crippen LogP) is 4.57. The second-order valence-electron chi connectivity index (χ2n) is 14.7. The first-order valence-corrected chi connectivity index (χ1v) is 18.1. The first-order valence-electron chi connectivity index (χ1n) is 17.3. The summed E-state index contributed by atoms with van der Waals surface area (Å²) in [5.41, 5.74) is -0.573. The number of likely N-dealkylation sites (N-methyl/N-ethyl adjacent to an activating group) is 1. The molecule has 5 bridgehead atoms. The number of hydrogen-bond acceptors (Lipinski definition) is 7. The van der Waals surface area contributed by atoms with Crippen LogP contribution in [0.5, 0.6) is 0 Å². The lowest BCUT2D eigenvalue weighted by Gasteiger charge is -2.43. The maximum Gasteiger partial charge on any atom is 0.313 e. The van der Waals surface area contributed by atoms with E-state index in [0.29, 0.717) is 22.9 Å². The van der Waals surface area contributed by atoms with E-state index >= 15 is 4.79 Å². The average molecular weight is 749 g/mol. The van der Waals surface area contributed by atoms with Gasteiger partial charge in [0.15, 0.2) is 0 Å². The standard InChI is InChI=1S/C39H46BrN3O7/c1-24-32(26-17-11-7-12-18-26)49-37(48)30-31-35(46)43(27(23-44)21-25-15-9-6-10-16-25)34(39(31)22-28(40)33(30)50-39)36(47)42(38(2,3)4)20-14-8-13-19-29(45)41(24)5/h6-12,14-18,22,24,27,30-34,44H,13,19-21,23H2,1-5H3/b14-8-/t24-,27-,30+,31-,32+,33+,34+,39-/m1/s1. The van der Waals surface area contributed by atoms with Crippen LogP contribution in [0.1, 0.15) is 57.8 Å². The fraction of sp³-hybridized carbons (Fsp3) is 0.487. The molecule has 11 heteroatoms. The number of carbonyl (C=O) groups excluding carboxylic acids is 4. The number of amides is 3. The van der Waals surface area contributed by atoms with Crippen molar-refractivity contribution in [3.8, 4) is 0 Å². The number of hydrogen-bond donors (Lipinski definition) is 1. The lowest BCUT2D eigenvalue weighted by atomic mass is 9.74. The normalized spacial score (nSPS) is 31.8. The summed E-state index contributed by atoms with van der Waals surface area (Å²) < 4.78 is 13.6. The van der Waals surface area contributed by atoms with Crippen LogP contribution in [0.25, 0.3) is 0 Å². The zero-order chi connectivity index (χ0) is 36.0. The highest BCUT2D eigenvalue weighted by molar-refractivity contribution is 9.11. The number of cyclic esters (lactones) is 1. The van der Waals surface area contributed by atoms with Gasteiger partial charge in [0, 0.05) is 30.0 Å². The number of aliphatic hydroxyl groups excluding tert-OH is 1. The summed E-state index contributed by atoms with van der Waals surface area (Å²) in [6, 6.07) is 16.3. The Morgan fingerprint density at radius 2 is 1.62 bits per heavy atom. The number of halogens is 1. The van der Waals surface area contributed by atoms with E-state index < -0.39 is 71.8 Å². The second-order valence-corrected chi connectivity index (χ2v) is 15.7. The minimum Gasteiger partial charge on any atom is -0.455 e. The number of carbonyl (C=O) groups is 4. The largest absolute Gasteiger partial charge is 0.455 e. The minimum atomic E-state index is -1.49. The SMILES string of the molecule is C[C@@H]1[C@@H](c2ccccc2)OC(=O)[C@@H]2[C@H]3O[C@@]4(C=C3Br)[C@H](C(=O)N(C(C)(C)C)C/C=C\CCC(=O)N1C)N([C@@H](CO)Cc1ccccc1)C(=O)[C@@H]24. The molecule has 1 N–H and O–H groups in total. The third-order valence-electron chi connectivity index (χ3n) is 10.7. The summed E-state index contributed by atoms with van der Waals surface area (Å²) in [5, 5.41) is 10.9. The molecule has 3 amide bonds. The van der Waals surface area contributed by atoms with Crippen molar-refractivity contribution in [2.45, 2.75) is 88.4 Å². The van der Waals surface area contributed by atoms with E-state index in [9.17, 15) is 19.5 Å². The zero-order valence-corrected chi connectivity index (χ0v) is 30.8. The minimum absolute atomic E-state index is 0.113. The van der Waals surface area contributed by atoms with Crippen molar-refractivity contribution in [3.05, 3.63) is 94.5 Å². The molecule has 2 saturated heterocycles. The molecule has 1 spiro atoms. The Bertz CT molecular complexity index is 1680. The molecule has 6 rings (SSSR count). The molecular weight excluding hydrogens is 702 g/mol. The van der Waals surface area contributed by atoms with Gasteiger partial charge in [-0.2, -0.15) is 0 Å². The Kier molecular flexibility index (Phi) is 10.1. The monoisotopic (exact) mass is 747 g/mol. The van der Waals surface area contributed by atoms with Crippen molar-refractivity contribution in [1.82, 2.24) is 14.7 Å². The van der Waals surface area contributed by atoms with E-state index in [0.717, 1.165) is 5.56 Å².